The van der Waals surface area contributed by atoms with Gasteiger partial charge in [-0.2, -0.15) is 0 Å². The molecular weight excluding hydrogens is 304 g/mol. The molecule has 0 saturated heterocycles. The minimum atomic E-state index is -0.564. The zero-order valence-electron chi connectivity index (χ0n) is 13.0. The fourth-order valence-electron chi connectivity index (χ4n) is 2.64. The number of hydrogen-bond acceptors (Lipinski definition) is 4. The van der Waals surface area contributed by atoms with Crippen molar-refractivity contribution in [3.8, 4) is 17.0 Å². The van der Waals surface area contributed by atoms with Crippen molar-refractivity contribution in [1.82, 2.24) is 10.3 Å². The maximum atomic E-state index is 12.4. The van der Waals surface area contributed by atoms with Crippen LogP contribution in [0.3, 0.4) is 0 Å². The molecule has 1 amide bonds. The number of phenolic OH excluding ortho intramolecular Hbond substituents is 1. The smallest absolute Gasteiger partial charge is 0.258 e. The van der Waals surface area contributed by atoms with Gasteiger partial charge in [-0.05, 0) is 30.7 Å². The monoisotopic (exact) mass is 320 g/mol. The highest BCUT2D eigenvalue weighted by Gasteiger charge is 2.17. The second kappa shape index (κ2) is 6.00. The van der Waals surface area contributed by atoms with E-state index in [2.05, 4.69) is 10.3 Å². The number of nitrogens with zero attached hydrogens (tertiary/aromatic N) is 1. The number of aromatic hydroxyl groups is 1. The van der Waals surface area contributed by atoms with Gasteiger partial charge in [-0.3, -0.25) is 15.5 Å². The van der Waals surface area contributed by atoms with Crippen molar-refractivity contribution in [3.63, 3.8) is 0 Å². The van der Waals surface area contributed by atoms with E-state index in [0.29, 0.717) is 16.6 Å². The van der Waals surface area contributed by atoms with Crippen molar-refractivity contribution in [2.24, 2.45) is 5.73 Å². The van der Waals surface area contributed by atoms with Crippen molar-refractivity contribution in [1.29, 1.82) is 5.41 Å². The highest BCUT2D eigenvalue weighted by Crippen LogP contribution is 2.31. The Labute approximate surface area is 138 Å². The molecule has 6 heteroatoms. The summed E-state index contributed by atoms with van der Waals surface area (Å²) in [6.45, 7) is 1.96. The van der Waals surface area contributed by atoms with Gasteiger partial charge in [-0.15, -0.1) is 0 Å². The van der Waals surface area contributed by atoms with Gasteiger partial charge in [-0.25, -0.2) is 4.98 Å². The van der Waals surface area contributed by atoms with E-state index >= 15 is 0 Å². The maximum absolute atomic E-state index is 12.4. The van der Waals surface area contributed by atoms with E-state index in [9.17, 15) is 9.90 Å². The summed E-state index contributed by atoms with van der Waals surface area (Å²) in [5.74, 6) is -1.07. The van der Waals surface area contributed by atoms with Gasteiger partial charge in [-0.1, -0.05) is 30.3 Å². The zero-order chi connectivity index (χ0) is 17.3. The first kappa shape index (κ1) is 15.5. The van der Waals surface area contributed by atoms with Crippen molar-refractivity contribution >= 4 is 22.8 Å². The van der Waals surface area contributed by atoms with Crippen molar-refractivity contribution in [2.45, 2.75) is 6.92 Å². The highest BCUT2D eigenvalue weighted by molar-refractivity contribution is 6.13. The van der Waals surface area contributed by atoms with E-state index in [-0.39, 0.29) is 11.3 Å². The fraction of sp³-hybridized carbons (Fsp3) is 0.0556. The van der Waals surface area contributed by atoms with E-state index in [1.165, 1.54) is 6.07 Å². The molecule has 0 aliphatic rings. The molecule has 120 valence electrons. The summed E-state index contributed by atoms with van der Waals surface area (Å²) in [6, 6.07) is 14.2. The molecule has 24 heavy (non-hydrogen) atoms. The predicted octanol–water partition coefficient (Wildman–Crippen LogP) is 2.54. The van der Waals surface area contributed by atoms with Gasteiger partial charge in [0.2, 0.25) is 0 Å². The predicted molar refractivity (Wildman–Crippen MR) is 93.0 cm³/mol. The van der Waals surface area contributed by atoms with E-state index in [0.717, 1.165) is 11.1 Å². The molecule has 0 saturated carbocycles. The molecular formula is C18H16N4O2. The van der Waals surface area contributed by atoms with Gasteiger partial charge < -0.3 is 10.8 Å². The topological polar surface area (TPSA) is 112 Å². The summed E-state index contributed by atoms with van der Waals surface area (Å²) < 4.78 is 0. The number of guanidine groups is 1. The number of hydrogen-bond donors (Lipinski definition) is 4. The molecule has 0 aliphatic carbocycles. The van der Waals surface area contributed by atoms with Crippen LogP contribution in [-0.2, 0) is 0 Å². The molecule has 1 aromatic heterocycles. The quantitative estimate of drug-likeness (QED) is 0.429. The van der Waals surface area contributed by atoms with E-state index < -0.39 is 11.9 Å². The van der Waals surface area contributed by atoms with Crippen LogP contribution in [0.25, 0.3) is 22.2 Å². The second-order valence-electron chi connectivity index (χ2n) is 5.41. The van der Waals surface area contributed by atoms with Crippen LogP contribution in [0.1, 0.15) is 15.9 Å². The summed E-state index contributed by atoms with van der Waals surface area (Å²) in [4.78, 5) is 17.0. The number of amides is 1. The fourth-order valence-corrected chi connectivity index (χ4v) is 2.64. The molecule has 6 nitrogen and oxygen atoms in total. The molecule has 0 radical (unpaired) electrons. The third kappa shape index (κ3) is 2.77. The van der Waals surface area contributed by atoms with Crippen LogP contribution in [0.15, 0.2) is 48.5 Å². The van der Waals surface area contributed by atoms with Gasteiger partial charge >= 0.3 is 0 Å². The van der Waals surface area contributed by atoms with Crippen molar-refractivity contribution < 1.29 is 9.90 Å². The first-order valence-electron chi connectivity index (χ1n) is 7.31. The average molecular weight is 320 g/mol. The van der Waals surface area contributed by atoms with Gasteiger partial charge in [0, 0.05) is 5.56 Å². The molecule has 0 atom stereocenters. The maximum Gasteiger partial charge on any atom is 0.258 e. The molecule has 1 heterocycles. The zero-order valence-corrected chi connectivity index (χ0v) is 13.0. The van der Waals surface area contributed by atoms with E-state index in [1.54, 1.807) is 18.2 Å². The van der Waals surface area contributed by atoms with Crippen LogP contribution in [-0.4, -0.2) is 22.0 Å². The Morgan fingerprint density at radius 3 is 2.67 bits per heavy atom. The normalized spacial score (nSPS) is 10.5. The molecule has 5 N–H and O–H groups in total. The number of nitrogens with one attached hydrogen (secondary N) is 2. The lowest BCUT2D eigenvalue weighted by atomic mass is 10.0. The van der Waals surface area contributed by atoms with Gasteiger partial charge in [0.25, 0.3) is 5.91 Å². The molecule has 0 spiro atoms. The molecule has 2 aromatic carbocycles. The number of benzene rings is 2. The Kier molecular flexibility index (Phi) is 3.87. The number of pyridine rings is 1. The lowest BCUT2D eigenvalue weighted by Gasteiger charge is -2.12. The number of fused-ring (bicyclic) bond motifs is 1. The molecule has 3 aromatic rings. The van der Waals surface area contributed by atoms with Crippen LogP contribution >= 0.6 is 0 Å². The number of rotatable bonds is 2. The Morgan fingerprint density at radius 2 is 1.96 bits per heavy atom. The van der Waals surface area contributed by atoms with Crippen LogP contribution in [0, 0.1) is 12.3 Å². The molecule has 3 rings (SSSR count). The molecule has 0 fully saturated rings. The number of phenols is 1. The van der Waals surface area contributed by atoms with Crippen molar-refractivity contribution in [2.75, 3.05) is 0 Å². The number of carbonyl (C=O) groups excluding carboxylic acids is 1. The minimum absolute atomic E-state index is 0.0509. The van der Waals surface area contributed by atoms with Crippen LogP contribution < -0.4 is 11.1 Å². The van der Waals surface area contributed by atoms with Gasteiger partial charge in [0.1, 0.15) is 5.75 Å². The highest BCUT2D eigenvalue weighted by atomic mass is 16.3. The summed E-state index contributed by atoms with van der Waals surface area (Å²) in [5.41, 5.74) is 8.48. The van der Waals surface area contributed by atoms with Crippen molar-refractivity contribution in [3.05, 3.63) is 59.7 Å². The standard InChI is InChI=1S/C18H16N4O2/c1-10-5-2-3-6-11(10)14-9-12(17(24)22-18(19)20)16-13(21-14)7-4-8-15(16)23/h2-9,23H,1H3,(H4,19,20,22,24). The summed E-state index contributed by atoms with van der Waals surface area (Å²) in [7, 11) is 0. The van der Waals surface area contributed by atoms with E-state index in [4.69, 9.17) is 11.1 Å². The third-order valence-electron chi connectivity index (χ3n) is 3.73. The summed E-state index contributed by atoms with van der Waals surface area (Å²) in [6.07, 6.45) is 0. The summed E-state index contributed by atoms with van der Waals surface area (Å²) >= 11 is 0. The lowest BCUT2D eigenvalue weighted by Crippen LogP contribution is -2.35. The summed E-state index contributed by atoms with van der Waals surface area (Å²) in [5, 5.41) is 20.0. The SMILES string of the molecule is Cc1ccccc1-c1cc(C(=O)NC(=N)N)c2c(O)cccc2n1. The number of nitrogens with two attached hydrogens (primary N) is 1. The van der Waals surface area contributed by atoms with Gasteiger partial charge in [0.05, 0.1) is 22.2 Å². The van der Waals surface area contributed by atoms with Gasteiger partial charge in [0.15, 0.2) is 5.96 Å². The number of aryl methyl sites for hydroxylation is 1. The van der Waals surface area contributed by atoms with Crippen LogP contribution in [0.2, 0.25) is 0 Å². The largest absolute Gasteiger partial charge is 0.507 e. The Balaban J connectivity index is 2.29. The first-order valence-corrected chi connectivity index (χ1v) is 7.31. The third-order valence-corrected chi connectivity index (χ3v) is 3.73. The lowest BCUT2D eigenvalue weighted by molar-refractivity contribution is 0.0978. The van der Waals surface area contributed by atoms with Crippen LogP contribution in [0.4, 0.5) is 0 Å². The Morgan fingerprint density at radius 1 is 1.21 bits per heavy atom. The number of carbonyl (C=O) groups is 1. The average Bonchev–Trinajstić information content (AvgIpc) is 2.54. The molecule has 0 aliphatic heterocycles. The van der Waals surface area contributed by atoms with Crippen LogP contribution in [0.5, 0.6) is 5.75 Å². The Hall–Kier alpha value is -3.41. The number of aromatic nitrogens is 1. The second-order valence-corrected chi connectivity index (χ2v) is 5.41. The first-order chi connectivity index (χ1) is 11.5. The molecule has 0 bridgehead atoms. The van der Waals surface area contributed by atoms with E-state index in [1.807, 2.05) is 31.2 Å². The minimum Gasteiger partial charge on any atom is -0.507 e. The Bertz CT molecular complexity index is 966. The molecule has 0 unspecified atom stereocenters.